The maximum absolute atomic E-state index is 13.9. The number of rotatable bonds is 3. The number of hydrogen-bond acceptors (Lipinski definition) is 2. The van der Waals surface area contributed by atoms with E-state index in [4.69, 9.17) is 4.42 Å². The third-order valence-electron chi connectivity index (χ3n) is 2.87. The summed E-state index contributed by atoms with van der Waals surface area (Å²) in [6.45, 7) is 4.44. The molecule has 16 heavy (non-hydrogen) atoms. The van der Waals surface area contributed by atoms with Gasteiger partial charge in [0.25, 0.3) is 0 Å². The molecule has 1 aromatic carbocycles. The summed E-state index contributed by atoms with van der Waals surface area (Å²) in [4.78, 5) is 0. The van der Waals surface area contributed by atoms with Gasteiger partial charge in [-0.2, -0.15) is 0 Å². The molecule has 0 bridgehead atoms. The summed E-state index contributed by atoms with van der Waals surface area (Å²) >= 11 is 0. The third kappa shape index (κ3) is 1.61. The molecule has 1 aromatic heterocycles. The third-order valence-corrected chi connectivity index (χ3v) is 2.87. The molecule has 0 aliphatic heterocycles. The highest BCUT2D eigenvalue weighted by Gasteiger charge is 2.16. The first-order chi connectivity index (χ1) is 7.69. The first-order valence-corrected chi connectivity index (χ1v) is 5.53. The molecule has 86 valence electrons. The molecule has 0 unspecified atom stereocenters. The highest BCUT2D eigenvalue weighted by Crippen LogP contribution is 2.29. The van der Waals surface area contributed by atoms with Crippen LogP contribution in [0.4, 0.5) is 4.39 Å². The maximum atomic E-state index is 13.9. The average molecular weight is 221 g/mol. The van der Waals surface area contributed by atoms with Crippen LogP contribution in [0.15, 0.2) is 16.5 Å². The van der Waals surface area contributed by atoms with Crippen LogP contribution in [0.25, 0.3) is 11.0 Å². The summed E-state index contributed by atoms with van der Waals surface area (Å²) in [5, 5.41) is 3.94. The Hall–Kier alpha value is -1.35. The monoisotopic (exact) mass is 221 g/mol. The Balaban J connectivity index is 2.71. The Morgan fingerprint density at radius 2 is 2.12 bits per heavy atom. The van der Waals surface area contributed by atoms with Crippen molar-refractivity contribution in [3.8, 4) is 0 Å². The molecule has 2 rings (SSSR count). The lowest BCUT2D eigenvalue weighted by Gasteiger charge is -1.98. The highest BCUT2D eigenvalue weighted by atomic mass is 19.1. The molecule has 1 heterocycles. The molecule has 0 aliphatic carbocycles. The van der Waals surface area contributed by atoms with Crippen LogP contribution in [0.1, 0.15) is 23.8 Å². The van der Waals surface area contributed by atoms with Gasteiger partial charge in [-0.15, -0.1) is 0 Å². The second-order valence-corrected chi connectivity index (χ2v) is 3.96. The van der Waals surface area contributed by atoms with Crippen molar-refractivity contribution < 1.29 is 8.81 Å². The van der Waals surface area contributed by atoms with Gasteiger partial charge in [0.2, 0.25) is 0 Å². The van der Waals surface area contributed by atoms with E-state index < -0.39 is 0 Å². The van der Waals surface area contributed by atoms with Crippen molar-refractivity contribution >= 4 is 11.0 Å². The molecular formula is C13H16FNO. The van der Waals surface area contributed by atoms with E-state index in [0.717, 1.165) is 23.1 Å². The molecule has 0 saturated heterocycles. The van der Waals surface area contributed by atoms with Crippen LogP contribution in [0.5, 0.6) is 0 Å². The molecular weight excluding hydrogens is 205 g/mol. The minimum Gasteiger partial charge on any atom is -0.456 e. The highest BCUT2D eigenvalue weighted by molar-refractivity contribution is 5.83. The van der Waals surface area contributed by atoms with Crippen molar-refractivity contribution in [2.24, 2.45) is 0 Å². The molecule has 0 fully saturated rings. The molecule has 0 spiro atoms. The fourth-order valence-corrected chi connectivity index (χ4v) is 2.02. The molecule has 0 saturated carbocycles. The Kier molecular flexibility index (Phi) is 2.97. The Morgan fingerprint density at radius 3 is 2.75 bits per heavy atom. The smallest absolute Gasteiger partial charge is 0.170 e. The van der Waals surface area contributed by atoms with Gasteiger partial charge in [0, 0.05) is 10.9 Å². The number of benzene rings is 1. The predicted molar refractivity (Wildman–Crippen MR) is 63.1 cm³/mol. The SMILES string of the molecule is CCc1c(CNC)oc2c(F)c(C)ccc12. The zero-order valence-corrected chi connectivity index (χ0v) is 9.86. The van der Waals surface area contributed by atoms with Crippen LogP contribution in [0, 0.1) is 12.7 Å². The second kappa shape index (κ2) is 4.26. The van der Waals surface area contributed by atoms with E-state index in [9.17, 15) is 4.39 Å². The van der Waals surface area contributed by atoms with Gasteiger partial charge < -0.3 is 9.73 Å². The molecule has 0 aliphatic rings. The molecule has 2 nitrogen and oxygen atoms in total. The van der Waals surface area contributed by atoms with E-state index >= 15 is 0 Å². The van der Waals surface area contributed by atoms with Crippen LogP contribution in [0.3, 0.4) is 0 Å². The zero-order chi connectivity index (χ0) is 11.7. The van der Waals surface area contributed by atoms with Crippen LogP contribution in [0.2, 0.25) is 0 Å². The fourth-order valence-electron chi connectivity index (χ4n) is 2.02. The number of hydrogen-bond donors (Lipinski definition) is 1. The van der Waals surface area contributed by atoms with Gasteiger partial charge in [-0.1, -0.05) is 19.1 Å². The minimum absolute atomic E-state index is 0.241. The van der Waals surface area contributed by atoms with Gasteiger partial charge in [-0.25, -0.2) is 4.39 Å². The molecule has 0 amide bonds. The Labute approximate surface area is 94.4 Å². The van der Waals surface area contributed by atoms with Crippen molar-refractivity contribution in [2.75, 3.05) is 7.05 Å². The van der Waals surface area contributed by atoms with E-state index in [0.29, 0.717) is 17.7 Å². The molecule has 0 atom stereocenters. The lowest BCUT2D eigenvalue weighted by atomic mass is 10.1. The number of furan rings is 1. The predicted octanol–water partition coefficient (Wildman–Crippen LogP) is 3.16. The normalized spacial score (nSPS) is 11.2. The second-order valence-electron chi connectivity index (χ2n) is 3.96. The lowest BCUT2D eigenvalue weighted by molar-refractivity contribution is 0.501. The first kappa shape index (κ1) is 11.1. The van der Waals surface area contributed by atoms with Gasteiger partial charge >= 0.3 is 0 Å². The summed E-state index contributed by atoms with van der Waals surface area (Å²) < 4.78 is 19.5. The Morgan fingerprint density at radius 1 is 1.38 bits per heavy atom. The molecule has 1 N–H and O–H groups in total. The minimum atomic E-state index is -0.241. The van der Waals surface area contributed by atoms with Crippen molar-refractivity contribution in [1.82, 2.24) is 5.32 Å². The van der Waals surface area contributed by atoms with Crippen LogP contribution < -0.4 is 5.32 Å². The summed E-state index contributed by atoms with van der Waals surface area (Å²) in [6.07, 6.45) is 0.854. The van der Waals surface area contributed by atoms with Crippen molar-refractivity contribution in [1.29, 1.82) is 0 Å². The van der Waals surface area contributed by atoms with Crippen molar-refractivity contribution in [3.63, 3.8) is 0 Å². The van der Waals surface area contributed by atoms with Crippen LogP contribution >= 0.6 is 0 Å². The lowest BCUT2D eigenvalue weighted by Crippen LogP contribution is -2.05. The van der Waals surface area contributed by atoms with Crippen LogP contribution in [-0.2, 0) is 13.0 Å². The summed E-state index contributed by atoms with van der Waals surface area (Å²) in [6, 6.07) is 3.74. The van der Waals surface area contributed by atoms with Gasteiger partial charge in [0.15, 0.2) is 11.4 Å². The number of aryl methyl sites for hydroxylation is 2. The zero-order valence-electron chi connectivity index (χ0n) is 9.86. The first-order valence-electron chi connectivity index (χ1n) is 5.53. The fraction of sp³-hybridized carbons (Fsp3) is 0.385. The van der Waals surface area contributed by atoms with Gasteiger partial charge in [-0.05, 0) is 26.0 Å². The van der Waals surface area contributed by atoms with Crippen molar-refractivity contribution in [3.05, 3.63) is 34.8 Å². The largest absolute Gasteiger partial charge is 0.456 e. The molecule has 3 heteroatoms. The van der Waals surface area contributed by atoms with E-state index in [1.165, 1.54) is 0 Å². The number of halogens is 1. The maximum Gasteiger partial charge on any atom is 0.170 e. The van der Waals surface area contributed by atoms with E-state index in [-0.39, 0.29) is 5.82 Å². The van der Waals surface area contributed by atoms with Gasteiger partial charge in [-0.3, -0.25) is 0 Å². The summed E-state index contributed by atoms with van der Waals surface area (Å²) in [5.41, 5.74) is 2.12. The van der Waals surface area contributed by atoms with E-state index in [1.807, 2.05) is 13.1 Å². The van der Waals surface area contributed by atoms with Crippen molar-refractivity contribution in [2.45, 2.75) is 26.8 Å². The van der Waals surface area contributed by atoms with Gasteiger partial charge in [0.1, 0.15) is 5.76 Å². The number of nitrogens with one attached hydrogen (secondary N) is 1. The van der Waals surface area contributed by atoms with E-state index in [2.05, 4.69) is 12.2 Å². The number of fused-ring (bicyclic) bond motifs is 1. The molecule has 2 aromatic rings. The molecule has 0 radical (unpaired) electrons. The van der Waals surface area contributed by atoms with Gasteiger partial charge in [0.05, 0.1) is 6.54 Å². The Bertz CT molecular complexity index is 516. The van der Waals surface area contributed by atoms with E-state index in [1.54, 1.807) is 13.0 Å². The average Bonchev–Trinajstić information content (AvgIpc) is 2.62. The topological polar surface area (TPSA) is 25.2 Å². The summed E-state index contributed by atoms with van der Waals surface area (Å²) in [7, 11) is 1.86. The quantitative estimate of drug-likeness (QED) is 0.861. The van der Waals surface area contributed by atoms with Crippen LogP contribution in [-0.4, -0.2) is 7.05 Å². The standard InChI is InChI=1S/C13H16FNO/c1-4-9-10-6-5-8(2)12(14)13(10)16-11(9)7-15-3/h5-6,15H,4,7H2,1-3H3. The summed E-state index contributed by atoms with van der Waals surface area (Å²) in [5.74, 6) is 0.596.